The minimum atomic E-state index is -0.545. The van der Waals surface area contributed by atoms with E-state index in [1.54, 1.807) is 11.8 Å². The zero-order valence-electron chi connectivity index (χ0n) is 18.0. The average molecular weight is 424 g/mol. The van der Waals surface area contributed by atoms with E-state index in [1.165, 1.54) is 6.42 Å². The van der Waals surface area contributed by atoms with Crippen LogP contribution in [0.4, 0.5) is 5.69 Å². The molecule has 2 atom stereocenters. The summed E-state index contributed by atoms with van der Waals surface area (Å²) in [6, 6.07) is 7.49. The van der Waals surface area contributed by atoms with E-state index < -0.39 is 6.10 Å². The van der Waals surface area contributed by atoms with Crippen LogP contribution < -0.4 is 9.64 Å². The molecular weight excluding hydrogens is 394 g/mol. The number of hydrogen-bond acceptors (Lipinski definition) is 5. The number of para-hydroxylation sites is 2. The van der Waals surface area contributed by atoms with E-state index in [2.05, 4.69) is 14.8 Å². The Labute approximate surface area is 182 Å². The van der Waals surface area contributed by atoms with Crippen molar-refractivity contribution < 1.29 is 14.3 Å². The molecule has 3 aliphatic rings. The summed E-state index contributed by atoms with van der Waals surface area (Å²) in [7, 11) is 0. The molecule has 3 aliphatic heterocycles. The topological polar surface area (TPSA) is 80.6 Å². The highest BCUT2D eigenvalue weighted by atomic mass is 16.5. The summed E-state index contributed by atoms with van der Waals surface area (Å²) in [5, 5.41) is 8.92. The highest BCUT2D eigenvalue weighted by Crippen LogP contribution is 2.35. The van der Waals surface area contributed by atoms with Crippen LogP contribution in [0.15, 0.2) is 24.3 Å². The molecule has 2 amide bonds. The summed E-state index contributed by atoms with van der Waals surface area (Å²) in [4.78, 5) is 29.6. The number of nitrogens with zero attached hydrogens (tertiary/aromatic N) is 5. The van der Waals surface area contributed by atoms with Crippen LogP contribution in [0, 0.1) is 0 Å². The van der Waals surface area contributed by atoms with Gasteiger partial charge in [-0.25, -0.2) is 0 Å². The van der Waals surface area contributed by atoms with Gasteiger partial charge >= 0.3 is 0 Å². The molecule has 31 heavy (non-hydrogen) atoms. The fourth-order valence-corrected chi connectivity index (χ4v) is 5.03. The molecule has 0 aliphatic carbocycles. The van der Waals surface area contributed by atoms with E-state index in [0.717, 1.165) is 62.5 Å². The van der Waals surface area contributed by atoms with Crippen molar-refractivity contribution >= 4 is 17.5 Å². The molecule has 4 heterocycles. The highest BCUT2D eigenvalue weighted by molar-refractivity contribution is 6.00. The van der Waals surface area contributed by atoms with Gasteiger partial charge in [-0.2, -0.15) is 0 Å². The third kappa shape index (κ3) is 3.68. The lowest BCUT2D eigenvalue weighted by atomic mass is 10.1. The molecule has 1 saturated heterocycles. The van der Waals surface area contributed by atoms with Crippen molar-refractivity contribution in [3.05, 3.63) is 35.9 Å². The van der Waals surface area contributed by atoms with E-state index in [-0.39, 0.29) is 24.3 Å². The van der Waals surface area contributed by atoms with Crippen LogP contribution in [-0.2, 0) is 22.6 Å². The monoisotopic (exact) mass is 423 g/mol. The third-order valence-corrected chi connectivity index (χ3v) is 6.63. The zero-order valence-corrected chi connectivity index (χ0v) is 18.0. The molecule has 5 rings (SSSR count). The Bertz CT molecular complexity index is 987. The van der Waals surface area contributed by atoms with Gasteiger partial charge in [-0.05, 0) is 44.7 Å². The number of carbonyl (C=O) groups is 2. The molecular formula is C23H29N5O3. The molecule has 164 valence electrons. The molecule has 0 bridgehead atoms. The second-order valence-electron chi connectivity index (χ2n) is 8.65. The molecule has 0 radical (unpaired) electrons. The third-order valence-electron chi connectivity index (χ3n) is 6.63. The molecule has 1 fully saturated rings. The maximum atomic E-state index is 13.2. The Morgan fingerprint density at radius 3 is 2.90 bits per heavy atom. The van der Waals surface area contributed by atoms with Gasteiger partial charge in [0.1, 0.15) is 11.6 Å². The van der Waals surface area contributed by atoms with Crippen LogP contribution in [0.5, 0.6) is 5.75 Å². The SMILES string of the molecule is CC1Oc2ccccc2N(CCC(=O)N2CCCC2c2nnc3n2CCCCC3)C1=O. The lowest BCUT2D eigenvalue weighted by Gasteiger charge is -2.33. The largest absolute Gasteiger partial charge is 0.479 e. The predicted octanol–water partition coefficient (Wildman–Crippen LogP) is 2.87. The number of hydrogen-bond donors (Lipinski definition) is 0. The van der Waals surface area contributed by atoms with Crippen LogP contribution in [0.2, 0.25) is 0 Å². The Kier molecular flexibility index (Phi) is 5.38. The smallest absolute Gasteiger partial charge is 0.267 e. The number of anilines is 1. The summed E-state index contributed by atoms with van der Waals surface area (Å²) in [5.41, 5.74) is 0.735. The Hall–Kier alpha value is -2.90. The summed E-state index contributed by atoms with van der Waals surface area (Å²) < 4.78 is 7.95. The van der Waals surface area contributed by atoms with Gasteiger partial charge in [0.25, 0.3) is 5.91 Å². The predicted molar refractivity (Wildman–Crippen MR) is 115 cm³/mol. The van der Waals surface area contributed by atoms with Crippen molar-refractivity contribution in [2.75, 3.05) is 18.0 Å². The van der Waals surface area contributed by atoms with E-state index >= 15 is 0 Å². The van der Waals surface area contributed by atoms with Gasteiger partial charge in [0, 0.05) is 32.5 Å². The molecule has 2 aromatic rings. The fraction of sp³-hybridized carbons (Fsp3) is 0.565. The van der Waals surface area contributed by atoms with Crippen molar-refractivity contribution in [1.82, 2.24) is 19.7 Å². The van der Waals surface area contributed by atoms with Gasteiger partial charge in [0.2, 0.25) is 5.91 Å². The van der Waals surface area contributed by atoms with E-state index in [0.29, 0.717) is 12.3 Å². The van der Waals surface area contributed by atoms with Crippen molar-refractivity contribution in [2.45, 2.75) is 70.6 Å². The maximum absolute atomic E-state index is 13.2. The lowest BCUT2D eigenvalue weighted by molar-refractivity contribution is -0.132. The minimum Gasteiger partial charge on any atom is -0.479 e. The number of aryl methyl sites for hydroxylation is 1. The molecule has 2 unspecified atom stereocenters. The second-order valence-corrected chi connectivity index (χ2v) is 8.65. The molecule has 0 N–H and O–H groups in total. The summed E-state index contributed by atoms with van der Waals surface area (Å²) in [5.74, 6) is 2.64. The first kappa shape index (κ1) is 20.0. The molecule has 1 aromatic carbocycles. The van der Waals surface area contributed by atoms with Gasteiger partial charge in [-0.1, -0.05) is 18.6 Å². The first-order chi connectivity index (χ1) is 15.1. The Balaban J connectivity index is 1.31. The van der Waals surface area contributed by atoms with E-state index in [9.17, 15) is 9.59 Å². The maximum Gasteiger partial charge on any atom is 0.267 e. The van der Waals surface area contributed by atoms with Gasteiger partial charge < -0.3 is 19.1 Å². The quantitative estimate of drug-likeness (QED) is 0.755. The number of fused-ring (bicyclic) bond motifs is 2. The molecule has 8 nitrogen and oxygen atoms in total. The van der Waals surface area contributed by atoms with Crippen molar-refractivity contribution in [1.29, 1.82) is 0 Å². The lowest BCUT2D eigenvalue weighted by Crippen LogP contribution is -2.46. The standard InChI is InChI=1S/C23H29N5O3/c1-16-23(30)27(17-8-4-5-10-19(17)31-16)15-12-21(29)26-14-7-9-18(26)22-25-24-20-11-3-2-6-13-28(20)22/h4-5,8,10,16,18H,2-3,6-7,9,11-15H2,1H3. The first-order valence-electron chi connectivity index (χ1n) is 11.4. The number of amides is 2. The zero-order chi connectivity index (χ0) is 21.4. The van der Waals surface area contributed by atoms with Crippen molar-refractivity contribution in [3.8, 4) is 5.75 Å². The number of aromatic nitrogens is 3. The second kappa shape index (κ2) is 8.32. The van der Waals surface area contributed by atoms with Crippen molar-refractivity contribution in [2.24, 2.45) is 0 Å². The number of benzene rings is 1. The first-order valence-corrected chi connectivity index (χ1v) is 11.4. The Morgan fingerprint density at radius 1 is 1.13 bits per heavy atom. The number of likely N-dealkylation sites (tertiary alicyclic amines) is 1. The Morgan fingerprint density at radius 2 is 2.00 bits per heavy atom. The number of ether oxygens (including phenoxy) is 1. The summed E-state index contributed by atoms with van der Waals surface area (Å²) in [6.45, 7) is 3.77. The molecule has 1 aromatic heterocycles. The minimum absolute atomic E-state index is 0.0153. The number of rotatable bonds is 4. The van der Waals surface area contributed by atoms with Crippen LogP contribution in [0.3, 0.4) is 0 Å². The summed E-state index contributed by atoms with van der Waals surface area (Å²) in [6.07, 6.45) is 6.08. The van der Waals surface area contributed by atoms with Gasteiger partial charge in [-0.3, -0.25) is 9.59 Å². The van der Waals surface area contributed by atoms with E-state index in [4.69, 9.17) is 4.74 Å². The van der Waals surface area contributed by atoms with Gasteiger partial charge in [0.15, 0.2) is 11.9 Å². The fourth-order valence-electron chi connectivity index (χ4n) is 5.03. The van der Waals surface area contributed by atoms with Crippen LogP contribution in [0.1, 0.15) is 63.1 Å². The molecule has 0 spiro atoms. The van der Waals surface area contributed by atoms with Crippen LogP contribution in [-0.4, -0.2) is 50.7 Å². The highest BCUT2D eigenvalue weighted by Gasteiger charge is 2.36. The van der Waals surface area contributed by atoms with Crippen molar-refractivity contribution in [3.63, 3.8) is 0 Å². The van der Waals surface area contributed by atoms with Gasteiger partial charge in [0.05, 0.1) is 11.7 Å². The average Bonchev–Trinajstić information content (AvgIpc) is 3.34. The normalized spacial score (nSPS) is 23.2. The van der Waals surface area contributed by atoms with Gasteiger partial charge in [-0.15, -0.1) is 10.2 Å². The number of carbonyl (C=O) groups excluding carboxylic acids is 2. The molecule has 0 saturated carbocycles. The summed E-state index contributed by atoms with van der Waals surface area (Å²) >= 11 is 0. The molecule has 8 heteroatoms. The van der Waals surface area contributed by atoms with Crippen LogP contribution >= 0.6 is 0 Å². The van der Waals surface area contributed by atoms with Crippen LogP contribution in [0.25, 0.3) is 0 Å². The van der Waals surface area contributed by atoms with E-state index in [1.807, 2.05) is 29.2 Å².